The molecular weight excluding hydrogens is 1000 g/mol. The molecule has 0 aliphatic rings. The number of amides is 1. The van der Waals surface area contributed by atoms with Crippen LogP contribution in [0.15, 0.2) is 182 Å². The molecule has 0 spiro atoms. The number of carbonyl (C=O) groups excluding carboxylic acids is 1. The summed E-state index contributed by atoms with van der Waals surface area (Å²) in [6, 6.07) is 61.4. The Balaban J connectivity index is 0.000000271. The summed E-state index contributed by atoms with van der Waals surface area (Å²) in [5.74, 6) is 3.00. The molecule has 0 fully saturated rings. The van der Waals surface area contributed by atoms with Crippen molar-refractivity contribution in [2.75, 3.05) is 52.4 Å². The highest BCUT2D eigenvalue weighted by molar-refractivity contribution is 5.94. The summed E-state index contributed by atoms with van der Waals surface area (Å²) in [4.78, 5) is 21.1. The van der Waals surface area contributed by atoms with Crippen LogP contribution in [0.5, 0.6) is 23.0 Å². The van der Waals surface area contributed by atoms with Crippen molar-refractivity contribution >= 4 is 5.91 Å². The summed E-state index contributed by atoms with van der Waals surface area (Å²) in [7, 11) is 0. The maximum atomic E-state index is 14.0. The lowest BCUT2D eigenvalue weighted by molar-refractivity contribution is 0.0720. The maximum absolute atomic E-state index is 14.0. The van der Waals surface area contributed by atoms with Gasteiger partial charge in [0.1, 0.15) is 26.4 Å². The fourth-order valence-electron chi connectivity index (χ4n) is 9.41. The lowest BCUT2D eigenvalue weighted by atomic mass is 10.1. The minimum absolute atomic E-state index is 0.0603. The van der Waals surface area contributed by atoms with Gasteiger partial charge in [0.25, 0.3) is 5.91 Å². The minimum Gasteiger partial charge on any atom is -0.485 e. The van der Waals surface area contributed by atoms with Gasteiger partial charge in [0.2, 0.25) is 0 Å². The molecule has 1 amide bonds. The van der Waals surface area contributed by atoms with E-state index in [1.165, 1.54) is 75.6 Å². The van der Waals surface area contributed by atoms with E-state index in [9.17, 15) is 4.79 Å². The first-order chi connectivity index (χ1) is 39.9. The second-order valence-electron chi connectivity index (χ2n) is 21.1. The van der Waals surface area contributed by atoms with E-state index in [1.807, 2.05) is 108 Å². The van der Waals surface area contributed by atoms with Gasteiger partial charge in [-0.15, -0.1) is 0 Å². The molecule has 0 aliphatic carbocycles. The van der Waals surface area contributed by atoms with E-state index in [0.717, 1.165) is 97.0 Å². The zero-order chi connectivity index (χ0) is 57.0. The number of hydrogen-bond acceptors (Lipinski definition) is 8. The van der Waals surface area contributed by atoms with Gasteiger partial charge in [-0.1, -0.05) is 212 Å². The molecule has 0 heterocycles. The minimum atomic E-state index is 0.0603. The smallest absolute Gasteiger partial charge is 0.254 e. The van der Waals surface area contributed by atoms with Crippen LogP contribution in [0.2, 0.25) is 0 Å². The highest BCUT2D eigenvalue weighted by Gasteiger charge is 2.20. The molecule has 0 saturated heterocycles. The number of unbranched alkanes of at least 4 members (excludes halogenated alkanes) is 4. The zero-order valence-corrected chi connectivity index (χ0v) is 49.7. The van der Waals surface area contributed by atoms with E-state index >= 15 is 0 Å². The highest BCUT2D eigenvalue weighted by atomic mass is 16.5. The Kier molecular flexibility index (Phi) is 29.6. The first-order valence-corrected chi connectivity index (χ1v) is 30.3. The van der Waals surface area contributed by atoms with Gasteiger partial charge in [0.15, 0.2) is 23.0 Å². The molecule has 9 nitrogen and oxygen atoms in total. The van der Waals surface area contributed by atoms with Crippen LogP contribution in [0.25, 0.3) is 0 Å². The fraction of sp³-hybridized carbons (Fsp3) is 0.403. The Bertz CT molecular complexity index is 2730. The number of nitrogens with zero attached hydrogens (tertiary/aromatic N) is 3. The monoisotopic (exact) mass is 1090 g/mol. The van der Waals surface area contributed by atoms with Crippen molar-refractivity contribution in [3.8, 4) is 23.0 Å². The average molecular weight is 1100 g/mol. The van der Waals surface area contributed by atoms with Gasteiger partial charge in [-0.05, 0) is 134 Å². The van der Waals surface area contributed by atoms with Crippen LogP contribution in [0.4, 0.5) is 0 Å². The second kappa shape index (κ2) is 37.9. The van der Waals surface area contributed by atoms with Crippen molar-refractivity contribution in [2.24, 2.45) is 0 Å². The van der Waals surface area contributed by atoms with Gasteiger partial charge < -0.3 is 39.0 Å². The number of benzene rings is 7. The summed E-state index contributed by atoms with van der Waals surface area (Å²) in [5.41, 5.74) is 8.68. The van der Waals surface area contributed by atoms with Crippen LogP contribution in [0.3, 0.4) is 0 Å². The highest BCUT2D eigenvalue weighted by Crippen LogP contribution is 2.32. The summed E-state index contributed by atoms with van der Waals surface area (Å²) in [6.07, 6.45) is 11.8. The Morgan fingerprint density at radius 3 is 1.17 bits per heavy atom. The van der Waals surface area contributed by atoms with E-state index in [-0.39, 0.29) is 5.91 Å². The Morgan fingerprint density at radius 2 is 0.753 bits per heavy atom. The number of aryl methyl sites for hydroxylation is 1. The third-order valence-electron chi connectivity index (χ3n) is 14.3. The number of ether oxygens (including phenoxy) is 4. The van der Waals surface area contributed by atoms with Crippen molar-refractivity contribution in [1.82, 2.24) is 20.0 Å². The molecule has 7 aromatic carbocycles. The lowest BCUT2D eigenvalue weighted by Gasteiger charge is -2.28. The summed E-state index contributed by atoms with van der Waals surface area (Å²) in [6.45, 7) is 22.5. The van der Waals surface area contributed by atoms with Gasteiger partial charge >= 0.3 is 0 Å². The van der Waals surface area contributed by atoms with Crippen LogP contribution in [-0.4, -0.2) is 73.0 Å². The molecule has 7 aromatic rings. The van der Waals surface area contributed by atoms with Crippen molar-refractivity contribution in [2.45, 2.75) is 138 Å². The van der Waals surface area contributed by atoms with Crippen molar-refractivity contribution in [1.29, 1.82) is 0 Å². The van der Waals surface area contributed by atoms with Gasteiger partial charge in [-0.25, -0.2) is 0 Å². The van der Waals surface area contributed by atoms with Gasteiger partial charge in [0.05, 0.1) is 0 Å². The molecule has 7 rings (SSSR count). The van der Waals surface area contributed by atoms with E-state index in [4.69, 9.17) is 18.9 Å². The lowest BCUT2D eigenvalue weighted by Crippen LogP contribution is -2.39. The first kappa shape index (κ1) is 63.3. The van der Waals surface area contributed by atoms with Crippen LogP contribution in [0, 0.1) is 0 Å². The maximum Gasteiger partial charge on any atom is 0.254 e. The van der Waals surface area contributed by atoms with E-state index in [1.54, 1.807) is 0 Å². The molecule has 0 radical (unpaired) electrons. The number of nitrogens with one attached hydrogen (secondary N) is 1. The predicted molar refractivity (Wildman–Crippen MR) is 335 cm³/mol. The van der Waals surface area contributed by atoms with Crippen LogP contribution in [0.1, 0.15) is 142 Å². The van der Waals surface area contributed by atoms with Gasteiger partial charge in [-0.3, -0.25) is 4.79 Å². The summed E-state index contributed by atoms with van der Waals surface area (Å²) < 4.78 is 25.0. The van der Waals surface area contributed by atoms with Crippen LogP contribution in [-0.2, 0) is 45.9 Å². The number of hydrogen-bond donors (Lipinski definition) is 1. The van der Waals surface area contributed by atoms with Gasteiger partial charge in [-0.2, -0.15) is 0 Å². The predicted octanol–water partition coefficient (Wildman–Crippen LogP) is 16.2. The van der Waals surface area contributed by atoms with Crippen LogP contribution >= 0.6 is 0 Å². The molecule has 1 N–H and O–H groups in total. The summed E-state index contributed by atoms with van der Waals surface area (Å²) in [5, 5.41) is 3.63. The Morgan fingerprint density at radius 1 is 0.370 bits per heavy atom. The number of rotatable bonds is 37. The molecule has 0 saturated carbocycles. The molecular formula is C72H94N4O5. The fourth-order valence-corrected chi connectivity index (χ4v) is 9.41. The Hall–Kier alpha value is -6.91. The molecule has 0 unspecified atom stereocenters. The molecule has 0 aliphatic heterocycles. The van der Waals surface area contributed by atoms with Crippen LogP contribution < -0.4 is 24.3 Å². The SMILES string of the molecule is CCCCN(CCCC)CCN(Cc1ccc(OCc2ccccc2)c(OCc2ccccc2)c1)C(=O)c1ccc(CCC)cc1.CCCCN(CCCC)CCNCc1ccc(OCc2ccccc2)c(OCc2ccccc2)c1. The van der Waals surface area contributed by atoms with E-state index in [0.29, 0.717) is 51.0 Å². The quantitative estimate of drug-likeness (QED) is 0.0386. The van der Waals surface area contributed by atoms with Crippen molar-refractivity contribution in [3.63, 3.8) is 0 Å². The van der Waals surface area contributed by atoms with Crippen molar-refractivity contribution in [3.05, 3.63) is 226 Å². The molecule has 81 heavy (non-hydrogen) atoms. The molecule has 0 aromatic heterocycles. The Labute approximate surface area is 487 Å². The zero-order valence-electron chi connectivity index (χ0n) is 49.7. The number of carbonyl (C=O) groups is 1. The standard InChI is InChI=1S/C41H52N2O3.C31H42N2O2/c1-4-7-26-42(27-8-5-2)28-29-43(41(44)38-23-20-34(15-6-3)21-24-38)31-37-22-25-39(45-32-35-16-11-9-12-17-35)40(30-37)46-33-36-18-13-10-14-19-36;1-3-5-20-33(21-6-4-2)22-19-32-24-29-17-18-30(34-25-27-13-9-7-10-14-27)31(23-29)35-26-28-15-11-8-12-16-28/h9-14,16-25,30H,4-8,15,26-29,31-33H2,1-3H3;7-18,23,32H,3-6,19-22,24-26H2,1-2H3. The molecule has 0 bridgehead atoms. The topological polar surface area (TPSA) is 75.7 Å². The first-order valence-electron chi connectivity index (χ1n) is 30.3. The normalized spacial score (nSPS) is 11.0. The summed E-state index contributed by atoms with van der Waals surface area (Å²) >= 11 is 0. The van der Waals surface area contributed by atoms with Crippen molar-refractivity contribution < 1.29 is 23.7 Å². The van der Waals surface area contributed by atoms with Gasteiger partial charge in [0, 0.05) is 44.8 Å². The largest absolute Gasteiger partial charge is 0.485 e. The third kappa shape index (κ3) is 24.0. The van der Waals surface area contributed by atoms with E-state index in [2.05, 4.69) is 129 Å². The average Bonchev–Trinajstić information content (AvgIpc) is 3.53. The third-order valence-corrected chi connectivity index (χ3v) is 14.3. The molecule has 0 atom stereocenters. The van der Waals surface area contributed by atoms with E-state index < -0.39 is 0 Å². The molecule has 432 valence electrons. The molecule has 9 heteroatoms. The second-order valence-corrected chi connectivity index (χ2v) is 21.1.